The van der Waals surface area contributed by atoms with Gasteiger partial charge in [0.1, 0.15) is 18.1 Å². The van der Waals surface area contributed by atoms with Crippen molar-refractivity contribution in [1.82, 2.24) is 20.9 Å². The lowest BCUT2D eigenvalue weighted by Gasteiger charge is -2.36. The lowest BCUT2D eigenvalue weighted by molar-refractivity contribution is -0.155. The molecule has 0 bridgehead atoms. The Hall–Kier alpha value is -6.80. The Kier molecular flexibility index (Phi) is 12.2. The number of aliphatic hydroxyl groups excluding tert-OH is 1. The number of carbonyl (C=O) groups excluding carboxylic acids is 2. The quantitative estimate of drug-likeness (QED) is 0.0634. The maximum atomic E-state index is 12.9. The van der Waals surface area contributed by atoms with Gasteiger partial charge in [-0.15, -0.1) is 0 Å². The number of fused-ring (bicyclic) bond motifs is 1. The fourth-order valence-corrected chi connectivity index (χ4v) is 7.17. The standard InChI is InChI=1S/C46H44N4O9/c51-39-19-17-37(38-18-20-41(53)50-42(38)39)40(52)26-47-22-21-28-9-13-30(14-10-28)43(54)48-34-24-35(25-34)49-44(55)31-15-11-29(12-16-31)27-59-36-8-4-7-33(23-36)46(58,45(56)57)32-5-2-1-3-6-32/h1-20,23,34-35,40,47,51-52,58H,21-22,24-27H2,(H,48,54)(H,49,55)(H,50,53)(H,56,57). The van der Waals surface area contributed by atoms with Gasteiger partial charge in [-0.3, -0.25) is 14.4 Å². The van der Waals surface area contributed by atoms with Crippen LogP contribution in [-0.4, -0.2) is 68.4 Å². The van der Waals surface area contributed by atoms with Crippen LogP contribution in [0.15, 0.2) is 132 Å². The maximum absolute atomic E-state index is 12.9. The van der Waals surface area contributed by atoms with Gasteiger partial charge < -0.3 is 46.1 Å². The number of phenols is 1. The Morgan fingerprint density at radius 3 is 2.03 bits per heavy atom. The van der Waals surface area contributed by atoms with Crippen molar-refractivity contribution in [3.05, 3.63) is 177 Å². The van der Waals surface area contributed by atoms with Crippen LogP contribution in [0, 0.1) is 0 Å². The summed E-state index contributed by atoms with van der Waals surface area (Å²) in [5.74, 6) is -1.49. The number of aromatic amines is 1. The molecule has 302 valence electrons. The van der Waals surface area contributed by atoms with Crippen molar-refractivity contribution in [2.75, 3.05) is 13.1 Å². The number of H-pyrrole nitrogens is 1. The number of nitrogens with one attached hydrogen (secondary N) is 4. The van der Waals surface area contributed by atoms with Gasteiger partial charge in [0, 0.05) is 46.8 Å². The number of aromatic hydroxyl groups is 1. The van der Waals surface area contributed by atoms with E-state index in [0.717, 1.165) is 11.1 Å². The largest absolute Gasteiger partial charge is 0.506 e. The highest BCUT2D eigenvalue weighted by molar-refractivity contribution is 5.95. The lowest BCUT2D eigenvalue weighted by atomic mass is 9.86. The minimum absolute atomic E-state index is 0.0621. The SMILES string of the molecule is O=C(NC1CC(NC(=O)c2ccc(COc3cccc(C(O)(C(=O)O)c4ccccc4)c3)cc2)C1)c1ccc(CCNCC(O)c2ccc(O)c3[nH]c(=O)ccc23)cc1. The molecule has 1 aliphatic rings. The third kappa shape index (κ3) is 9.34. The Balaban J connectivity index is 0.814. The Labute approximate surface area is 339 Å². The molecule has 59 heavy (non-hydrogen) atoms. The summed E-state index contributed by atoms with van der Waals surface area (Å²) in [6.45, 7) is 1.01. The number of hydrogen-bond donors (Lipinski definition) is 8. The highest BCUT2D eigenvalue weighted by atomic mass is 16.5. The third-order valence-corrected chi connectivity index (χ3v) is 10.6. The number of aliphatic carboxylic acids is 1. The first-order valence-electron chi connectivity index (χ1n) is 19.3. The highest BCUT2D eigenvalue weighted by Crippen LogP contribution is 2.33. The Morgan fingerprint density at radius 1 is 0.763 bits per heavy atom. The predicted molar refractivity (Wildman–Crippen MR) is 220 cm³/mol. The van der Waals surface area contributed by atoms with Crippen LogP contribution >= 0.6 is 0 Å². The normalized spacial score (nSPS) is 16.3. The van der Waals surface area contributed by atoms with Crippen molar-refractivity contribution >= 4 is 28.7 Å². The first kappa shape index (κ1) is 40.4. The van der Waals surface area contributed by atoms with E-state index >= 15 is 0 Å². The monoisotopic (exact) mass is 796 g/mol. The molecule has 1 aromatic heterocycles. The summed E-state index contributed by atoms with van der Waals surface area (Å²) in [7, 11) is 0. The van der Waals surface area contributed by atoms with E-state index in [2.05, 4.69) is 20.9 Å². The second-order valence-electron chi connectivity index (χ2n) is 14.7. The van der Waals surface area contributed by atoms with Crippen LogP contribution in [0.25, 0.3) is 10.9 Å². The molecule has 13 nitrogen and oxygen atoms in total. The lowest BCUT2D eigenvalue weighted by Crippen LogP contribution is -2.53. The molecule has 1 heterocycles. The van der Waals surface area contributed by atoms with Crippen molar-refractivity contribution in [3.63, 3.8) is 0 Å². The van der Waals surface area contributed by atoms with E-state index in [1.54, 1.807) is 91.0 Å². The van der Waals surface area contributed by atoms with Gasteiger partial charge in [-0.05, 0) is 96.6 Å². The van der Waals surface area contributed by atoms with Crippen molar-refractivity contribution < 1.29 is 39.5 Å². The summed E-state index contributed by atoms with van der Waals surface area (Å²) >= 11 is 0. The van der Waals surface area contributed by atoms with E-state index in [4.69, 9.17) is 4.74 Å². The molecule has 13 heteroatoms. The van der Waals surface area contributed by atoms with Gasteiger partial charge >= 0.3 is 5.97 Å². The number of phenolic OH excluding ortho intramolecular Hbond substituents is 1. The van der Waals surface area contributed by atoms with Gasteiger partial charge in [-0.1, -0.05) is 72.8 Å². The molecule has 8 N–H and O–H groups in total. The van der Waals surface area contributed by atoms with Gasteiger partial charge in [0.05, 0.1) is 11.6 Å². The molecule has 2 amide bonds. The van der Waals surface area contributed by atoms with E-state index < -0.39 is 17.7 Å². The number of hydrogen-bond acceptors (Lipinski definition) is 9. The zero-order valence-electron chi connectivity index (χ0n) is 31.9. The van der Waals surface area contributed by atoms with E-state index in [1.807, 2.05) is 12.1 Å². The molecule has 1 fully saturated rings. The van der Waals surface area contributed by atoms with Crippen molar-refractivity contribution in [2.24, 2.45) is 0 Å². The molecule has 7 rings (SSSR count). The second kappa shape index (κ2) is 17.8. The number of pyridine rings is 1. The van der Waals surface area contributed by atoms with Gasteiger partial charge in [-0.2, -0.15) is 0 Å². The van der Waals surface area contributed by atoms with Crippen LogP contribution in [0.4, 0.5) is 0 Å². The zero-order chi connectivity index (χ0) is 41.5. The van der Waals surface area contributed by atoms with Gasteiger partial charge in [0.15, 0.2) is 0 Å². The molecule has 0 aliphatic heterocycles. The number of aliphatic hydroxyl groups is 2. The van der Waals surface area contributed by atoms with Crippen molar-refractivity contribution in [2.45, 2.75) is 49.7 Å². The van der Waals surface area contributed by atoms with Gasteiger partial charge in [0.2, 0.25) is 11.2 Å². The zero-order valence-corrected chi connectivity index (χ0v) is 31.9. The first-order chi connectivity index (χ1) is 28.5. The van der Waals surface area contributed by atoms with Crippen LogP contribution in [0.5, 0.6) is 11.5 Å². The molecule has 0 saturated heterocycles. The number of carboxylic acid groups (broad SMARTS) is 1. The number of carboxylic acids is 1. The Bertz CT molecular complexity index is 2500. The van der Waals surface area contributed by atoms with Crippen LogP contribution in [-0.2, 0) is 23.4 Å². The summed E-state index contributed by atoms with van der Waals surface area (Å²) in [6.07, 6.45) is 1.03. The predicted octanol–water partition coefficient (Wildman–Crippen LogP) is 4.69. The van der Waals surface area contributed by atoms with E-state index in [1.165, 1.54) is 24.3 Å². The average molecular weight is 797 g/mol. The summed E-state index contributed by atoms with van der Waals surface area (Å²) in [4.78, 5) is 52.3. The average Bonchev–Trinajstić information content (AvgIpc) is 3.24. The number of aromatic nitrogens is 1. The summed E-state index contributed by atoms with van der Waals surface area (Å²) in [6, 6.07) is 34.7. The topological polar surface area (TPSA) is 210 Å². The van der Waals surface area contributed by atoms with Crippen LogP contribution in [0.1, 0.15) is 67.5 Å². The minimum atomic E-state index is -2.25. The van der Waals surface area contributed by atoms with E-state index in [0.29, 0.717) is 53.6 Å². The molecule has 0 radical (unpaired) electrons. The molecule has 2 unspecified atom stereocenters. The summed E-state index contributed by atoms with van der Waals surface area (Å²) in [5, 5.41) is 51.8. The molecular formula is C46H44N4O9. The molecule has 6 aromatic rings. The van der Waals surface area contributed by atoms with Crippen LogP contribution < -0.4 is 26.2 Å². The Morgan fingerprint density at radius 2 is 1.39 bits per heavy atom. The minimum Gasteiger partial charge on any atom is -0.506 e. The van der Waals surface area contributed by atoms with Crippen LogP contribution in [0.3, 0.4) is 0 Å². The number of rotatable bonds is 16. The fraction of sp³-hybridized carbons (Fsp3) is 0.217. The fourth-order valence-electron chi connectivity index (χ4n) is 7.17. The smallest absolute Gasteiger partial charge is 0.345 e. The molecule has 2 atom stereocenters. The van der Waals surface area contributed by atoms with Crippen molar-refractivity contribution in [1.29, 1.82) is 0 Å². The van der Waals surface area contributed by atoms with Crippen molar-refractivity contribution in [3.8, 4) is 11.5 Å². The number of benzene rings is 5. The summed E-state index contributed by atoms with van der Waals surface area (Å²) < 4.78 is 5.91. The first-order valence-corrected chi connectivity index (χ1v) is 19.3. The highest BCUT2D eigenvalue weighted by Gasteiger charge is 2.40. The molecule has 1 aliphatic carbocycles. The molecule has 0 spiro atoms. The summed E-state index contributed by atoms with van der Waals surface area (Å²) in [5.41, 5.74) is 1.50. The molecule has 1 saturated carbocycles. The third-order valence-electron chi connectivity index (χ3n) is 10.6. The number of amides is 2. The number of carbonyl (C=O) groups is 3. The van der Waals surface area contributed by atoms with E-state index in [9.17, 15) is 39.6 Å². The van der Waals surface area contributed by atoms with Gasteiger partial charge in [-0.25, -0.2) is 4.79 Å². The number of ether oxygens (including phenoxy) is 1. The van der Waals surface area contributed by atoms with E-state index in [-0.39, 0.29) is 65.0 Å². The maximum Gasteiger partial charge on any atom is 0.345 e. The van der Waals surface area contributed by atoms with Gasteiger partial charge in [0.25, 0.3) is 11.8 Å². The van der Waals surface area contributed by atoms with Crippen LogP contribution in [0.2, 0.25) is 0 Å². The molecule has 5 aromatic carbocycles. The second-order valence-corrected chi connectivity index (χ2v) is 14.7. The molecular weight excluding hydrogens is 753 g/mol.